The highest BCUT2D eigenvalue weighted by molar-refractivity contribution is 5.86. The second kappa shape index (κ2) is 6.85. The van der Waals surface area contributed by atoms with E-state index in [1.54, 1.807) is 0 Å². The van der Waals surface area contributed by atoms with Crippen molar-refractivity contribution in [1.82, 2.24) is 5.32 Å². The summed E-state index contributed by atoms with van der Waals surface area (Å²) in [5, 5.41) is 12.7. The van der Waals surface area contributed by atoms with Gasteiger partial charge >= 0.3 is 5.97 Å². The van der Waals surface area contributed by atoms with E-state index in [9.17, 15) is 14.7 Å². The third-order valence-electron chi connectivity index (χ3n) is 9.37. The molecule has 4 rings (SSSR count). The van der Waals surface area contributed by atoms with Crippen molar-refractivity contribution >= 4 is 11.9 Å². The summed E-state index contributed by atoms with van der Waals surface area (Å²) in [6, 6.07) is 0. The van der Waals surface area contributed by atoms with Gasteiger partial charge in [0.1, 0.15) is 0 Å². The molecule has 0 unspecified atom stereocenters. The van der Waals surface area contributed by atoms with E-state index in [-0.39, 0.29) is 28.2 Å². The van der Waals surface area contributed by atoms with Crippen LogP contribution in [0.3, 0.4) is 0 Å². The van der Waals surface area contributed by atoms with Crippen LogP contribution in [0.4, 0.5) is 0 Å². The number of hydrogen-bond donors (Lipinski definition) is 2. The van der Waals surface area contributed by atoms with Gasteiger partial charge in [-0.3, -0.25) is 4.79 Å². The Labute approximate surface area is 175 Å². The first-order valence-corrected chi connectivity index (χ1v) is 11.7. The highest BCUT2D eigenvalue weighted by atomic mass is 16.4. The van der Waals surface area contributed by atoms with Crippen LogP contribution in [0.15, 0.2) is 11.6 Å². The number of carboxylic acids is 1. The van der Waals surface area contributed by atoms with Crippen LogP contribution in [0, 0.1) is 40.4 Å². The van der Waals surface area contributed by atoms with Gasteiger partial charge in [0.2, 0.25) is 5.91 Å². The van der Waals surface area contributed by atoms with Crippen molar-refractivity contribution in [1.29, 1.82) is 0 Å². The molecule has 4 nitrogen and oxygen atoms in total. The molecule has 4 aliphatic carbocycles. The molecule has 7 atom stereocenters. The van der Waals surface area contributed by atoms with E-state index in [1.807, 2.05) is 0 Å². The van der Waals surface area contributed by atoms with Gasteiger partial charge in [0.15, 0.2) is 0 Å². The lowest BCUT2D eigenvalue weighted by Gasteiger charge is -2.59. The Kier molecular flexibility index (Phi) is 4.94. The number of nitrogens with one attached hydrogen (secondary N) is 1. The molecule has 2 N–H and O–H groups in total. The van der Waals surface area contributed by atoms with Crippen LogP contribution in [0.2, 0.25) is 0 Å². The van der Waals surface area contributed by atoms with Gasteiger partial charge in [-0.05, 0) is 107 Å². The van der Waals surface area contributed by atoms with Crippen molar-refractivity contribution in [3.8, 4) is 0 Å². The van der Waals surface area contributed by atoms with E-state index >= 15 is 0 Å². The average Bonchev–Trinajstić information content (AvgIpc) is 2.96. The molecular formula is C25H39NO3. The van der Waals surface area contributed by atoms with Crippen molar-refractivity contribution in [3.05, 3.63) is 11.6 Å². The Balaban J connectivity index is 1.56. The lowest BCUT2D eigenvalue weighted by molar-refractivity contribution is -0.136. The predicted octanol–water partition coefficient (Wildman–Crippen LogP) is 5.18. The summed E-state index contributed by atoms with van der Waals surface area (Å²) in [6.07, 6.45) is 10.7. The van der Waals surface area contributed by atoms with E-state index < -0.39 is 5.97 Å². The highest BCUT2D eigenvalue weighted by Gasteiger charge is 2.60. The van der Waals surface area contributed by atoms with Crippen LogP contribution in [-0.4, -0.2) is 22.5 Å². The van der Waals surface area contributed by atoms with Gasteiger partial charge in [-0.1, -0.05) is 19.9 Å². The number of carbonyl (C=O) groups excluding carboxylic acids is 1. The maximum Gasteiger partial charge on any atom is 0.331 e. The molecule has 0 aromatic carbocycles. The fourth-order valence-corrected chi connectivity index (χ4v) is 7.93. The Morgan fingerprint density at radius 3 is 2.34 bits per heavy atom. The van der Waals surface area contributed by atoms with Gasteiger partial charge in [0, 0.05) is 17.0 Å². The Hall–Kier alpha value is -1.32. The minimum absolute atomic E-state index is 0.121. The molecule has 4 heteroatoms. The van der Waals surface area contributed by atoms with Gasteiger partial charge in [-0.15, -0.1) is 0 Å². The van der Waals surface area contributed by atoms with Gasteiger partial charge < -0.3 is 10.4 Å². The zero-order valence-electron chi connectivity index (χ0n) is 18.9. The molecule has 0 bridgehead atoms. The predicted molar refractivity (Wildman–Crippen MR) is 114 cm³/mol. The number of aliphatic carboxylic acids is 1. The number of carboxylic acid groups (broad SMARTS) is 1. The van der Waals surface area contributed by atoms with E-state index in [1.165, 1.54) is 19.3 Å². The molecule has 3 saturated carbocycles. The molecule has 3 fully saturated rings. The van der Waals surface area contributed by atoms with Crippen molar-refractivity contribution in [2.45, 2.75) is 91.5 Å². The molecule has 0 aromatic rings. The molecule has 0 saturated heterocycles. The standard InChI is InChI=1S/C25H39NO3/c1-23(2,3)26-21(27)20-9-8-18-17-7-6-16-14-15(22(28)29)10-12-24(16,4)19(17)11-13-25(18,20)5/h14,16-20H,6-13H2,1-5H3,(H,26,27)(H,28,29)/t16-,17-,18-,19-,20-,24-,25-/m0/s1. The van der Waals surface area contributed by atoms with E-state index in [2.05, 4.69) is 46.0 Å². The van der Waals surface area contributed by atoms with Crippen LogP contribution in [0.25, 0.3) is 0 Å². The zero-order valence-corrected chi connectivity index (χ0v) is 18.9. The minimum atomic E-state index is -0.728. The van der Waals surface area contributed by atoms with Crippen LogP contribution in [0.1, 0.15) is 86.0 Å². The summed E-state index contributed by atoms with van der Waals surface area (Å²) >= 11 is 0. The molecule has 1 amide bonds. The first-order valence-electron chi connectivity index (χ1n) is 11.7. The third-order valence-corrected chi connectivity index (χ3v) is 9.37. The monoisotopic (exact) mass is 401 g/mol. The van der Waals surface area contributed by atoms with Crippen molar-refractivity contribution in [2.75, 3.05) is 0 Å². The summed E-state index contributed by atoms with van der Waals surface area (Å²) < 4.78 is 0. The minimum Gasteiger partial charge on any atom is -0.478 e. The van der Waals surface area contributed by atoms with Crippen LogP contribution in [0.5, 0.6) is 0 Å². The van der Waals surface area contributed by atoms with E-state index in [0.717, 1.165) is 25.7 Å². The topological polar surface area (TPSA) is 66.4 Å². The van der Waals surface area contributed by atoms with Gasteiger partial charge in [0.25, 0.3) is 0 Å². The van der Waals surface area contributed by atoms with Crippen molar-refractivity contribution in [3.63, 3.8) is 0 Å². The smallest absolute Gasteiger partial charge is 0.331 e. The molecule has 0 aliphatic heterocycles. The fraction of sp³-hybridized carbons (Fsp3) is 0.840. The molecule has 4 aliphatic rings. The van der Waals surface area contributed by atoms with Crippen molar-refractivity contribution < 1.29 is 14.7 Å². The summed E-state index contributed by atoms with van der Waals surface area (Å²) in [6.45, 7) is 11.0. The van der Waals surface area contributed by atoms with Crippen LogP contribution < -0.4 is 5.32 Å². The lowest BCUT2D eigenvalue weighted by Crippen LogP contribution is -2.54. The quantitative estimate of drug-likeness (QED) is 0.670. The van der Waals surface area contributed by atoms with Crippen molar-refractivity contribution in [2.24, 2.45) is 40.4 Å². The first-order chi connectivity index (χ1) is 13.5. The molecule has 0 spiro atoms. The first kappa shape index (κ1) is 20.9. The summed E-state index contributed by atoms with van der Waals surface area (Å²) in [4.78, 5) is 24.6. The van der Waals surface area contributed by atoms with Gasteiger partial charge in [0.05, 0.1) is 0 Å². The Morgan fingerprint density at radius 2 is 1.69 bits per heavy atom. The SMILES string of the molecule is CC(C)(C)NC(=O)[C@@H]1CC[C@H]2[C@@H]3CC[C@H]4C=C(C(=O)O)CC[C@]4(C)[C@H]3CC[C@]12C. The second-order valence-corrected chi connectivity index (χ2v) is 12.0. The average molecular weight is 402 g/mol. The second-order valence-electron chi connectivity index (χ2n) is 12.0. The maximum atomic E-state index is 13.1. The number of rotatable bonds is 2. The summed E-state index contributed by atoms with van der Waals surface area (Å²) in [7, 11) is 0. The van der Waals surface area contributed by atoms with Crippen LogP contribution >= 0.6 is 0 Å². The van der Waals surface area contributed by atoms with Gasteiger partial charge in [-0.2, -0.15) is 0 Å². The molecule has 162 valence electrons. The fourth-order valence-electron chi connectivity index (χ4n) is 7.93. The normalized spacial score (nSPS) is 44.2. The Morgan fingerprint density at radius 1 is 1.00 bits per heavy atom. The number of hydrogen-bond acceptors (Lipinski definition) is 2. The third kappa shape index (κ3) is 3.35. The summed E-state index contributed by atoms with van der Waals surface area (Å²) in [5.74, 6) is 2.09. The van der Waals surface area contributed by atoms with Gasteiger partial charge in [-0.25, -0.2) is 4.79 Å². The lowest BCUT2D eigenvalue weighted by atomic mass is 9.45. The highest BCUT2D eigenvalue weighted by Crippen LogP contribution is 2.67. The van der Waals surface area contributed by atoms with E-state index in [0.29, 0.717) is 35.7 Å². The Bertz CT molecular complexity index is 735. The van der Waals surface area contributed by atoms with Crippen LogP contribution in [-0.2, 0) is 9.59 Å². The molecule has 29 heavy (non-hydrogen) atoms. The number of carbonyl (C=O) groups is 2. The largest absolute Gasteiger partial charge is 0.478 e. The van der Waals surface area contributed by atoms with E-state index in [4.69, 9.17) is 0 Å². The molecular weight excluding hydrogens is 362 g/mol. The number of allylic oxidation sites excluding steroid dienone is 1. The maximum absolute atomic E-state index is 13.1. The molecule has 0 aromatic heterocycles. The summed E-state index contributed by atoms with van der Waals surface area (Å²) in [5.41, 5.74) is 0.807. The molecule has 0 heterocycles. The number of fused-ring (bicyclic) bond motifs is 5. The zero-order chi connectivity index (χ0) is 21.2. The number of amides is 1. The molecule has 0 radical (unpaired) electrons.